The summed E-state index contributed by atoms with van der Waals surface area (Å²) < 4.78 is 24.4. The molecule has 0 fully saturated rings. The van der Waals surface area contributed by atoms with Crippen molar-refractivity contribution in [2.24, 2.45) is 11.1 Å². The molecular formula is C22H25N5O4S. The lowest BCUT2D eigenvalue weighted by atomic mass is 10.0. The number of carbonyl (C=O) groups is 1. The molecule has 1 aromatic heterocycles. The third-order valence-electron chi connectivity index (χ3n) is 5.68. The lowest BCUT2D eigenvalue weighted by molar-refractivity contribution is -0.127. The van der Waals surface area contributed by atoms with Crippen LogP contribution in [-0.2, 0) is 21.2 Å². The fraction of sp³-hybridized carbons (Fsp3) is 0.318. The van der Waals surface area contributed by atoms with E-state index in [9.17, 15) is 18.3 Å². The summed E-state index contributed by atoms with van der Waals surface area (Å²) in [7, 11) is -3.78. The highest BCUT2D eigenvalue weighted by Gasteiger charge is 2.35. The molecule has 4 rings (SSSR count). The first-order valence-electron chi connectivity index (χ1n) is 10.3. The molecule has 0 aliphatic heterocycles. The van der Waals surface area contributed by atoms with Crippen molar-refractivity contribution in [1.29, 1.82) is 0 Å². The van der Waals surface area contributed by atoms with E-state index >= 15 is 0 Å². The van der Waals surface area contributed by atoms with Crippen LogP contribution in [0.4, 0.5) is 0 Å². The molecule has 1 aliphatic rings. The van der Waals surface area contributed by atoms with Crippen LogP contribution in [0.3, 0.4) is 0 Å². The molecule has 0 radical (unpaired) electrons. The van der Waals surface area contributed by atoms with E-state index in [0.717, 1.165) is 11.1 Å². The molecule has 1 heterocycles. The monoisotopic (exact) mass is 455 g/mol. The topological polar surface area (TPSA) is 140 Å². The first-order chi connectivity index (χ1) is 15.1. The van der Waals surface area contributed by atoms with Gasteiger partial charge in [-0.2, -0.15) is 0 Å². The number of aliphatic hydroxyl groups is 1. The molecule has 1 unspecified atom stereocenters. The molecule has 168 valence electrons. The number of nitrogens with one attached hydrogen (secondary N) is 1. The van der Waals surface area contributed by atoms with Crippen LogP contribution in [0.15, 0.2) is 59.6 Å². The number of nitrogens with two attached hydrogens (primary N) is 1. The minimum absolute atomic E-state index is 0.00322. The van der Waals surface area contributed by atoms with Crippen molar-refractivity contribution in [3.05, 3.63) is 65.9 Å². The van der Waals surface area contributed by atoms with Crippen molar-refractivity contribution < 1.29 is 18.3 Å². The molecule has 0 saturated heterocycles. The van der Waals surface area contributed by atoms with Gasteiger partial charge in [0.05, 0.1) is 23.2 Å². The van der Waals surface area contributed by atoms with Gasteiger partial charge in [0.15, 0.2) is 0 Å². The zero-order valence-electron chi connectivity index (χ0n) is 17.7. The van der Waals surface area contributed by atoms with Crippen LogP contribution >= 0.6 is 0 Å². The number of benzene rings is 2. The minimum Gasteiger partial charge on any atom is -0.390 e. The summed E-state index contributed by atoms with van der Waals surface area (Å²) in [6, 6.07) is 12.5. The zero-order valence-corrected chi connectivity index (χ0v) is 18.5. The number of sulfonamides is 1. The summed E-state index contributed by atoms with van der Waals surface area (Å²) in [4.78, 5) is 13.2. The normalized spacial score (nSPS) is 19.0. The molecule has 3 aromatic rings. The second-order valence-corrected chi connectivity index (χ2v) is 9.86. The summed E-state index contributed by atoms with van der Waals surface area (Å²) in [6.45, 7) is 3.82. The van der Waals surface area contributed by atoms with E-state index in [1.54, 1.807) is 18.3 Å². The standard InChI is InChI=1S/C22H25N5O4S/c1-13(2)21(22(29)24-20-17-6-4-3-5-15(17)11-19(20)28)27-12-18(25-26-27)14-7-9-16(10-8-14)32(23,30)31/h3-10,12-13,19-21,28H,11H2,1-2H3,(H,24,29)(H2,23,30,31)/t19-,20+,21?/m0/s1. The van der Waals surface area contributed by atoms with Crippen LogP contribution in [0.2, 0.25) is 0 Å². The second kappa shape index (κ2) is 8.45. The molecular weight excluding hydrogens is 430 g/mol. The van der Waals surface area contributed by atoms with Crippen molar-refractivity contribution in [3.8, 4) is 11.3 Å². The Kier molecular flexibility index (Phi) is 5.85. The number of amides is 1. The first kappa shape index (κ1) is 22.1. The SMILES string of the molecule is CC(C)C(C(=O)N[C@@H]1c2ccccc2C[C@@H]1O)n1cc(-c2ccc(S(N)(=O)=O)cc2)nn1. The van der Waals surface area contributed by atoms with Crippen LogP contribution in [0.5, 0.6) is 0 Å². The van der Waals surface area contributed by atoms with Gasteiger partial charge in [-0.1, -0.05) is 55.5 Å². The van der Waals surface area contributed by atoms with Crippen molar-refractivity contribution in [2.75, 3.05) is 0 Å². The number of aromatic nitrogens is 3. The lowest BCUT2D eigenvalue weighted by Gasteiger charge is -2.24. The Bertz CT molecular complexity index is 1240. The van der Waals surface area contributed by atoms with Crippen molar-refractivity contribution in [1.82, 2.24) is 20.3 Å². The number of hydrogen-bond acceptors (Lipinski definition) is 6. The van der Waals surface area contributed by atoms with Gasteiger partial charge >= 0.3 is 0 Å². The number of hydrogen-bond donors (Lipinski definition) is 3. The van der Waals surface area contributed by atoms with Crippen LogP contribution in [0.25, 0.3) is 11.3 Å². The zero-order chi connectivity index (χ0) is 23.0. The highest BCUT2D eigenvalue weighted by atomic mass is 32.2. The minimum atomic E-state index is -3.78. The molecule has 0 saturated carbocycles. The summed E-state index contributed by atoms with van der Waals surface area (Å²) in [5.41, 5.74) is 3.09. The third-order valence-corrected chi connectivity index (χ3v) is 6.60. The Hall–Kier alpha value is -3.08. The number of primary sulfonamides is 1. The molecule has 1 amide bonds. The van der Waals surface area contributed by atoms with Gasteiger partial charge < -0.3 is 10.4 Å². The maximum Gasteiger partial charge on any atom is 0.245 e. The van der Waals surface area contributed by atoms with E-state index in [4.69, 9.17) is 5.14 Å². The van der Waals surface area contributed by atoms with Gasteiger partial charge in [0.2, 0.25) is 15.9 Å². The first-order valence-corrected chi connectivity index (χ1v) is 11.8. The Morgan fingerprint density at radius 1 is 1.19 bits per heavy atom. The van der Waals surface area contributed by atoms with Gasteiger partial charge in [0, 0.05) is 12.0 Å². The van der Waals surface area contributed by atoms with Crippen LogP contribution in [-0.4, -0.2) is 40.5 Å². The number of rotatable bonds is 6. The maximum atomic E-state index is 13.2. The Morgan fingerprint density at radius 3 is 2.53 bits per heavy atom. The second-order valence-electron chi connectivity index (χ2n) is 8.30. The molecule has 3 atom stereocenters. The molecule has 9 nitrogen and oxygen atoms in total. The van der Waals surface area contributed by atoms with Crippen molar-refractivity contribution in [3.63, 3.8) is 0 Å². The van der Waals surface area contributed by atoms with Crippen molar-refractivity contribution in [2.45, 2.75) is 43.4 Å². The van der Waals surface area contributed by atoms with E-state index in [-0.39, 0.29) is 16.7 Å². The number of nitrogens with zero attached hydrogens (tertiary/aromatic N) is 3. The van der Waals surface area contributed by atoms with E-state index in [1.165, 1.54) is 16.8 Å². The molecule has 2 aromatic carbocycles. The highest BCUT2D eigenvalue weighted by Crippen LogP contribution is 2.32. The predicted molar refractivity (Wildman–Crippen MR) is 118 cm³/mol. The average molecular weight is 456 g/mol. The van der Waals surface area contributed by atoms with Crippen molar-refractivity contribution >= 4 is 15.9 Å². The predicted octanol–water partition coefficient (Wildman–Crippen LogP) is 1.56. The smallest absolute Gasteiger partial charge is 0.245 e. The molecule has 1 aliphatic carbocycles. The van der Waals surface area contributed by atoms with E-state index in [2.05, 4.69) is 15.6 Å². The number of aliphatic hydroxyl groups excluding tert-OH is 1. The lowest BCUT2D eigenvalue weighted by Crippen LogP contribution is -2.40. The fourth-order valence-corrected chi connectivity index (χ4v) is 4.59. The van der Waals surface area contributed by atoms with Crippen LogP contribution < -0.4 is 10.5 Å². The van der Waals surface area contributed by atoms with Gasteiger partial charge in [-0.05, 0) is 29.2 Å². The van der Waals surface area contributed by atoms with Gasteiger partial charge in [-0.3, -0.25) is 4.79 Å². The van der Waals surface area contributed by atoms with E-state index in [0.29, 0.717) is 17.7 Å². The van der Waals surface area contributed by atoms with Gasteiger partial charge in [-0.15, -0.1) is 5.10 Å². The summed E-state index contributed by atoms with van der Waals surface area (Å²) >= 11 is 0. The Balaban J connectivity index is 1.56. The molecule has 4 N–H and O–H groups in total. The van der Waals surface area contributed by atoms with Gasteiger partial charge in [0.1, 0.15) is 11.7 Å². The largest absolute Gasteiger partial charge is 0.390 e. The third kappa shape index (κ3) is 4.29. The highest BCUT2D eigenvalue weighted by molar-refractivity contribution is 7.89. The molecule has 0 bridgehead atoms. The quantitative estimate of drug-likeness (QED) is 0.515. The van der Waals surface area contributed by atoms with Gasteiger partial charge in [0.25, 0.3) is 0 Å². The fourth-order valence-electron chi connectivity index (χ4n) is 4.08. The maximum absolute atomic E-state index is 13.2. The average Bonchev–Trinajstić information content (AvgIpc) is 3.32. The summed E-state index contributed by atoms with van der Waals surface area (Å²) in [5.74, 6) is -0.357. The van der Waals surface area contributed by atoms with Crippen LogP contribution in [0, 0.1) is 5.92 Å². The molecule has 32 heavy (non-hydrogen) atoms. The van der Waals surface area contributed by atoms with Gasteiger partial charge in [-0.25, -0.2) is 18.2 Å². The molecule has 10 heteroatoms. The Labute approximate surface area is 186 Å². The summed E-state index contributed by atoms with van der Waals surface area (Å²) in [5, 5.41) is 26.9. The Morgan fingerprint density at radius 2 is 1.88 bits per heavy atom. The summed E-state index contributed by atoms with van der Waals surface area (Å²) in [6.07, 6.45) is 1.46. The van der Waals surface area contributed by atoms with E-state index in [1.807, 2.05) is 38.1 Å². The van der Waals surface area contributed by atoms with E-state index < -0.39 is 28.2 Å². The molecule has 0 spiro atoms. The number of fused-ring (bicyclic) bond motifs is 1. The van der Waals surface area contributed by atoms with Crippen LogP contribution in [0.1, 0.15) is 37.1 Å². The number of carbonyl (C=O) groups excluding carboxylic acids is 1.